The SMILES string of the molecule is CN(Cc1ccc(F)cc1)[C@@H]1CN(C(=O)c2ccn(C)n2)C[C@H]1O. The average Bonchev–Trinajstić information content (AvgIpc) is 3.15. The number of aliphatic hydroxyl groups excluding tert-OH is 1. The van der Waals surface area contributed by atoms with E-state index in [2.05, 4.69) is 5.10 Å². The Morgan fingerprint density at radius 2 is 2.04 bits per heavy atom. The van der Waals surface area contributed by atoms with E-state index < -0.39 is 6.10 Å². The van der Waals surface area contributed by atoms with Crippen molar-refractivity contribution in [1.29, 1.82) is 0 Å². The highest BCUT2D eigenvalue weighted by molar-refractivity contribution is 5.92. The van der Waals surface area contributed by atoms with Gasteiger partial charge in [0.1, 0.15) is 11.5 Å². The summed E-state index contributed by atoms with van der Waals surface area (Å²) in [5.74, 6) is -0.443. The van der Waals surface area contributed by atoms with Crippen LogP contribution in [-0.4, -0.2) is 62.9 Å². The lowest BCUT2D eigenvalue weighted by atomic mass is 10.1. The molecule has 1 aliphatic rings. The fraction of sp³-hybridized carbons (Fsp3) is 0.412. The normalized spacial score (nSPS) is 20.8. The molecule has 2 heterocycles. The van der Waals surface area contributed by atoms with Gasteiger partial charge in [-0.15, -0.1) is 0 Å². The Hall–Kier alpha value is -2.25. The third-order valence-corrected chi connectivity index (χ3v) is 4.39. The van der Waals surface area contributed by atoms with Crippen LogP contribution in [0.5, 0.6) is 0 Å². The van der Waals surface area contributed by atoms with Gasteiger partial charge in [0.25, 0.3) is 5.91 Å². The van der Waals surface area contributed by atoms with Gasteiger partial charge in [-0.05, 0) is 30.8 Å². The van der Waals surface area contributed by atoms with Crippen molar-refractivity contribution in [1.82, 2.24) is 19.6 Å². The Morgan fingerprint density at radius 1 is 1.33 bits per heavy atom. The molecule has 1 aromatic heterocycles. The van der Waals surface area contributed by atoms with E-state index >= 15 is 0 Å². The summed E-state index contributed by atoms with van der Waals surface area (Å²) in [5, 5.41) is 14.5. The van der Waals surface area contributed by atoms with Crippen molar-refractivity contribution in [3.63, 3.8) is 0 Å². The number of hydrogen-bond acceptors (Lipinski definition) is 4. The maximum absolute atomic E-state index is 13.0. The number of amides is 1. The smallest absolute Gasteiger partial charge is 0.274 e. The average molecular weight is 332 g/mol. The fourth-order valence-electron chi connectivity index (χ4n) is 3.05. The monoisotopic (exact) mass is 332 g/mol. The lowest BCUT2D eigenvalue weighted by molar-refractivity contribution is 0.0756. The van der Waals surface area contributed by atoms with Crippen LogP contribution >= 0.6 is 0 Å². The van der Waals surface area contributed by atoms with E-state index in [4.69, 9.17) is 0 Å². The zero-order valence-electron chi connectivity index (χ0n) is 13.8. The summed E-state index contributed by atoms with van der Waals surface area (Å²) in [6.45, 7) is 1.30. The van der Waals surface area contributed by atoms with Gasteiger partial charge in [0, 0.05) is 32.9 Å². The lowest BCUT2D eigenvalue weighted by Crippen LogP contribution is -2.40. The maximum Gasteiger partial charge on any atom is 0.274 e. The van der Waals surface area contributed by atoms with E-state index in [1.807, 2.05) is 11.9 Å². The highest BCUT2D eigenvalue weighted by Crippen LogP contribution is 2.19. The number of halogens is 1. The number of rotatable bonds is 4. The van der Waals surface area contributed by atoms with E-state index in [0.29, 0.717) is 18.8 Å². The highest BCUT2D eigenvalue weighted by atomic mass is 19.1. The summed E-state index contributed by atoms with van der Waals surface area (Å²) in [6.07, 6.45) is 1.10. The van der Waals surface area contributed by atoms with Gasteiger partial charge in [-0.1, -0.05) is 12.1 Å². The molecule has 0 radical (unpaired) electrons. The molecule has 3 rings (SSSR count). The fourth-order valence-corrected chi connectivity index (χ4v) is 3.05. The van der Waals surface area contributed by atoms with Gasteiger partial charge in [0.2, 0.25) is 0 Å². The van der Waals surface area contributed by atoms with Crippen LogP contribution in [0.2, 0.25) is 0 Å². The minimum atomic E-state index is -0.622. The van der Waals surface area contributed by atoms with Crippen molar-refractivity contribution in [2.75, 3.05) is 20.1 Å². The van der Waals surface area contributed by atoms with E-state index in [1.54, 1.807) is 41.0 Å². The summed E-state index contributed by atoms with van der Waals surface area (Å²) in [5.41, 5.74) is 1.34. The molecular formula is C17H21FN4O2. The first-order valence-corrected chi connectivity index (χ1v) is 7.85. The number of carbonyl (C=O) groups excluding carboxylic acids is 1. The van der Waals surface area contributed by atoms with Crippen molar-refractivity contribution in [2.45, 2.75) is 18.7 Å². The van der Waals surface area contributed by atoms with E-state index in [-0.39, 0.29) is 24.3 Å². The summed E-state index contributed by atoms with van der Waals surface area (Å²) in [6, 6.07) is 7.80. The maximum atomic E-state index is 13.0. The zero-order valence-corrected chi connectivity index (χ0v) is 13.8. The molecule has 2 atom stereocenters. The molecule has 1 N–H and O–H groups in total. The Morgan fingerprint density at radius 3 is 2.67 bits per heavy atom. The largest absolute Gasteiger partial charge is 0.390 e. The van der Waals surface area contributed by atoms with E-state index in [0.717, 1.165) is 5.56 Å². The molecule has 2 aromatic rings. The van der Waals surface area contributed by atoms with Crippen molar-refractivity contribution in [2.24, 2.45) is 7.05 Å². The third kappa shape index (κ3) is 3.47. The predicted octanol–water partition coefficient (Wildman–Crippen LogP) is 0.877. The first-order chi connectivity index (χ1) is 11.4. The van der Waals surface area contributed by atoms with Crippen LogP contribution in [0.3, 0.4) is 0 Å². The quantitative estimate of drug-likeness (QED) is 0.903. The predicted molar refractivity (Wildman–Crippen MR) is 86.8 cm³/mol. The Labute approximate surface area is 140 Å². The lowest BCUT2D eigenvalue weighted by Gasteiger charge is -2.26. The molecular weight excluding hydrogens is 311 g/mol. The van der Waals surface area contributed by atoms with Crippen LogP contribution in [-0.2, 0) is 13.6 Å². The molecule has 1 aromatic carbocycles. The number of aryl methyl sites for hydroxylation is 1. The van der Waals surface area contributed by atoms with Crippen molar-refractivity contribution < 1.29 is 14.3 Å². The van der Waals surface area contributed by atoms with Gasteiger partial charge in [-0.2, -0.15) is 5.10 Å². The number of hydrogen-bond donors (Lipinski definition) is 1. The first-order valence-electron chi connectivity index (χ1n) is 7.85. The van der Waals surface area contributed by atoms with E-state index in [9.17, 15) is 14.3 Å². The summed E-state index contributed by atoms with van der Waals surface area (Å²) in [4.78, 5) is 16.1. The minimum absolute atomic E-state index is 0.164. The van der Waals surface area contributed by atoms with Gasteiger partial charge in [-0.3, -0.25) is 14.4 Å². The molecule has 1 amide bonds. The number of aliphatic hydroxyl groups is 1. The van der Waals surface area contributed by atoms with Gasteiger partial charge >= 0.3 is 0 Å². The molecule has 24 heavy (non-hydrogen) atoms. The van der Waals surface area contributed by atoms with Crippen LogP contribution in [0.1, 0.15) is 16.1 Å². The Bertz CT molecular complexity index is 716. The standard InChI is InChI=1S/C17H21FN4O2/c1-20(9-12-3-5-13(18)6-4-12)15-10-22(11-16(15)23)17(24)14-7-8-21(2)19-14/h3-8,15-16,23H,9-11H2,1-2H3/t15-,16-/m1/s1. The Balaban J connectivity index is 1.64. The number of likely N-dealkylation sites (N-methyl/N-ethyl adjacent to an activating group) is 1. The number of benzene rings is 1. The zero-order chi connectivity index (χ0) is 17.3. The second kappa shape index (κ2) is 6.70. The Kier molecular flexibility index (Phi) is 4.64. The van der Waals surface area contributed by atoms with Crippen molar-refractivity contribution >= 4 is 5.91 Å². The van der Waals surface area contributed by atoms with Crippen molar-refractivity contribution in [3.8, 4) is 0 Å². The molecule has 6 nitrogen and oxygen atoms in total. The first kappa shape index (κ1) is 16.6. The van der Waals surface area contributed by atoms with Crippen LogP contribution in [0.25, 0.3) is 0 Å². The molecule has 0 aliphatic carbocycles. The molecule has 0 bridgehead atoms. The van der Waals surface area contributed by atoms with Gasteiger partial charge in [-0.25, -0.2) is 4.39 Å². The minimum Gasteiger partial charge on any atom is -0.390 e. The summed E-state index contributed by atoms with van der Waals surface area (Å²) >= 11 is 0. The second-order valence-electron chi connectivity index (χ2n) is 6.26. The summed E-state index contributed by atoms with van der Waals surface area (Å²) in [7, 11) is 3.65. The van der Waals surface area contributed by atoms with Crippen LogP contribution < -0.4 is 0 Å². The molecule has 7 heteroatoms. The molecule has 1 fully saturated rings. The molecule has 1 aliphatic heterocycles. The van der Waals surface area contributed by atoms with Gasteiger partial charge < -0.3 is 10.0 Å². The van der Waals surface area contributed by atoms with Gasteiger partial charge in [0.15, 0.2) is 0 Å². The molecule has 0 saturated carbocycles. The molecule has 0 spiro atoms. The van der Waals surface area contributed by atoms with E-state index in [1.165, 1.54) is 12.1 Å². The second-order valence-corrected chi connectivity index (χ2v) is 6.26. The van der Waals surface area contributed by atoms with Crippen LogP contribution in [0.15, 0.2) is 36.5 Å². The number of likely N-dealkylation sites (tertiary alicyclic amines) is 1. The topological polar surface area (TPSA) is 61.6 Å². The number of nitrogens with zero attached hydrogens (tertiary/aromatic N) is 4. The number of β-amino-alcohol motifs (C(OH)–C–C–N with tert-alkyl or cyclic N) is 1. The number of carbonyl (C=O) groups is 1. The molecule has 128 valence electrons. The molecule has 0 unspecified atom stereocenters. The number of aromatic nitrogens is 2. The molecule has 1 saturated heterocycles. The van der Waals surface area contributed by atoms with Crippen LogP contribution in [0, 0.1) is 5.82 Å². The highest BCUT2D eigenvalue weighted by Gasteiger charge is 2.37. The van der Waals surface area contributed by atoms with Crippen LogP contribution in [0.4, 0.5) is 4.39 Å². The van der Waals surface area contributed by atoms with Crippen molar-refractivity contribution in [3.05, 3.63) is 53.6 Å². The summed E-state index contributed by atoms with van der Waals surface area (Å²) < 4.78 is 14.6. The van der Waals surface area contributed by atoms with Gasteiger partial charge in [0.05, 0.1) is 12.1 Å². The third-order valence-electron chi connectivity index (χ3n) is 4.39.